The average Bonchev–Trinajstić information content (AvgIpc) is 2.81. The van der Waals surface area contributed by atoms with Crippen molar-refractivity contribution in [2.45, 2.75) is 6.92 Å². The third-order valence-electron chi connectivity index (χ3n) is 2.89. The van der Waals surface area contributed by atoms with Gasteiger partial charge in [-0.2, -0.15) is 5.10 Å². The van der Waals surface area contributed by atoms with E-state index >= 15 is 0 Å². The number of aromatic amines is 1. The number of hydrogen-bond acceptors (Lipinski definition) is 5. The molecule has 0 aliphatic heterocycles. The van der Waals surface area contributed by atoms with Gasteiger partial charge in [0.1, 0.15) is 5.15 Å². The van der Waals surface area contributed by atoms with Crippen LogP contribution in [-0.4, -0.2) is 25.1 Å². The molecule has 0 amide bonds. The van der Waals surface area contributed by atoms with Crippen LogP contribution < -0.4 is 0 Å². The summed E-state index contributed by atoms with van der Waals surface area (Å²) in [6.45, 7) is 1.83. The molecular weight excluding hydrogens is 282 g/mol. The summed E-state index contributed by atoms with van der Waals surface area (Å²) in [7, 11) is 0. The van der Waals surface area contributed by atoms with Crippen LogP contribution in [0.5, 0.6) is 0 Å². The number of nitrogens with zero attached hydrogens (tertiary/aromatic N) is 4. The van der Waals surface area contributed by atoms with E-state index in [9.17, 15) is 10.1 Å². The lowest BCUT2D eigenvalue weighted by Crippen LogP contribution is -1.92. The molecule has 0 fully saturated rings. The minimum absolute atomic E-state index is 0.0107. The van der Waals surface area contributed by atoms with Crippen LogP contribution in [0.4, 0.5) is 5.69 Å². The van der Waals surface area contributed by atoms with Gasteiger partial charge in [0, 0.05) is 23.4 Å². The van der Waals surface area contributed by atoms with Crippen LogP contribution in [0.3, 0.4) is 0 Å². The number of hydrogen-bond donors (Lipinski definition) is 1. The van der Waals surface area contributed by atoms with E-state index in [-0.39, 0.29) is 5.69 Å². The van der Waals surface area contributed by atoms with Gasteiger partial charge < -0.3 is 0 Å². The maximum absolute atomic E-state index is 10.6. The van der Waals surface area contributed by atoms with Gasteiger partial charge in [0.15, 0.2) is 11.5 Å². The minimum atomic E-state index is -0.460. The van der Waals surface area contributed by atoms with E-state index in [1.165, 1.54) is 12.1 Å². The molecule has 0 saturated heterocycles. The van der Waals surface area contributed by atoms with Crippen molar-refractivity contribution in [1.29, 1.82) is 0 Å². The topological polar surface area (TPSA) is 97.6 Å². The zero-order chi connectivity index (χ0) is 14.3. The van der Waals surface area contributed by atoms with Crippen LogP contribution in [0.15, 0.2) is 24.3 Å². The van der Waals surface area contributed by atoms with E-state index in [2.05, 4.69) is 20.2 Å². The quantitative estimate of drug-likeness (QED) is 0.444. The smallest absolute Gasteiger partial charge is 0.269 e. The van der Waals surface area contributed by atoms with Gasteiger partial charge in [-0.3, -0.25) is 15.2 Å². The summed E-state index contributed by atoms with van der Waals surface area (Å²) in [5.74, 6) is 0.379. The number of halogens is 1. The Labute approximate surface area is 117 Å². The van der Waals surface area contributed by atoms with Gasteiger partial charge in [-0.1, -0.05) is 11.6 Å². The van der Waals surface area contributed by atoms with Gasteiger partial charge >= 0.3 is 0 Å². The van der Waals surface area contributed by atoms with Gasteiger partial charge in [-0.15, -0.1) is 0 Å². The molecule has 8 heteroatoms. The number of nitro benzene ring substituents is 1. The highest BCUT2D eigenvalue weighted by Crippen LogP contribution is 2.26. The number of H-pyrrole nitrogens is 1. The van der Waals surface area contributed by atoms with Crippen molar-refractivity contribution in [2.75, 3.05) is 0 Å². The average molecular weight is 290 g/mol. The molecule has 3 aromatic rings. The van der Waals surface area contributed by atoms with Gasteiger partial charge in [0.05, 0.1) is 10.3 Å². The van der Waals surface area contributed by atoms with Crippen LogP contribution >= 0.6 is 11.6 Å². The normalized spacial score (nSPS) is 10.9. The van der Waals surface area contributed by atoms with E-state index in [1.807, 2.05) is 6.92 Å². The van der Waals surface area contributed by atoms with Gasteiger partial charge in [0.25, 0.3) is 5.69 Å². The maximum atomic E-state index is 10.6. The fourth-order valence-electron chi connectivity index (χ4n) is 1.88. The summed E-state index contributed by atoms with van der Waals surface area (Å²) in [4.78, 5) is 18.7. The largest absolute Gasteiger partial charge is 0.280 e. The fourth-order valence-corrected chi connectivity index (χ4v) is 2.19. The van der Waals surface area contributed by atoms with Crippen LogP contribution in [0.25, 0.3) is 22.4 Å². The standard InChI is InChI=1S/C12H8ClN5O2/c1-6-9-10(13)14-11(15-12(9)17-16-6)7-2-4-8(5-3-7)18(19)20/h2-5H,1H3,(H,14,15,16,17). The van der Waals surface area contributed by atoms with Crippen LogP contribution in [0.1, 0.15) is 5.69 Å². The Kier molecular flexibility index (Phi) is 2.83. The Morgan fingerprint density at radius 2 is 1.95 bits per heavy atom. The van der Waals surface area contributed by atoms with E-state index < -0.39 is 4.92 Å². The van der Waals surface area contributed by atoms with Gasteiger partial charge in [-0.05, 0) is 19.1 Å². The molecular formula is C12H8ClN5O2. The van der Waals surface area contributed by atoms with Crippen molar-refractivity contribution >= 4 is 28.3 Å². The Hall–Kier alpha value is -2.54. The summed E-state index contributed by atoms with van der Waals surface area (Å²) in [5.41, 5.74) is 1.91. The predicted octanol–water partition coefficient (Wildman–Crippen LogP) is 2.89. The number of nitro groups is 1. The summed E-state index contributed by atoms with van der Waals surface area (Å²) in [6, 6.07) is 5.95. The first-order valence-corrected chi connectivity index (χ1v) is 6.07. The lowest BCUT2D eigenvalue weighted by Gasteiger charge is -2.01. The molecule has 0 saturated carbocycles. The van der Waals surface area contributed by atoms with Crippen LogP contribution in [-0.2, 0) is 0 Å². The zero-order valence-electron chi connectivity index (χ0n) is 10.3. The lowest BCUT2D eigenvalue weighted by atomic mass is 10.2. The Morgan fingerprint density at radius 1 is 1.25 bits per heavy atom. The molecule has 3 rings (SSSR count). The Morgan fingerprint density at radius 3 is 2.60 bits per heavy atom. The van der Waals surface area contributed by atoms with Crippen molar-refractivity contribution in [2.24, 2.45) is 0 Å². The number of aromatic nitrogens is 4. The molecule has 0 spiro atoms. The monoisotopic (exact) mass is 289 g/mol. The molecule has 100 valence electrons. The number of benzene rings is 1. The van der Waals surface area contributed by atoms with E-state index in [0.29, 0.717) is 27.6 Å². The molecule has 2 heterocycles. The molecule has 0 aliphatic rings. The van der Waals surface area contributed by atoms with Gasteiger partial charge in [-0.25, -0.2) is 9.97 Å². The number of non-ortho nitro benzene ring substituents is 1. The molecule has 20 heavy (non-hydrogen) atoms. The zero-order valence-corrected chi connectivity index (χ0v) is 11.0. The molecule has 1 aromatic carbocycles. The van der Waals surface area contributed by atoms with Crippen molar-refractivity contribution in [3.63, 3.8) is 0 Å². The summed E-state index contributed by atoms with van der Waals surface area (Å²) in [5, 5.41) is 18.4. The van der Waals surface area contributed by atoms with E-state index in [0.717, 1.165) is 5.69 Å². The predicted molar refractivity (Wildman–Crippen MR) is 73.5 cm³/mol. The molecule has 0 radical (unpaired) electrons. The highest BCUT2D eigenvalue weighted by atomic mass is 35.5. The molecule has 0 unspecified atom stereocenters. The molecule has 0 atom stereocenters. The third kappa shape index (κ3) is 1.97. The first-order chi connectivity index (χ1) is 9.56. The minimum Gasteiger partial charge on any atom is -0.280 e. The molecule has 0 bridgehead atoms. The molecule has 2 aromatic heterocycles. The highest BCUT2D eigenvalue weighted by molar-refractivity contribution is 6.34. The highest BCUT2D eigenvalue weighted by Gasteiger charge is 2.13. The summed E-state index contributed by atoms with van der Waals surface area (Å²) >= 11 is 6.12. The summed E-state index contributed by atoms with van der Waals surface area (Å²) < 4.78 is 0. The first kappa shape index (κ1) is 12.5. The Balaban J connectivity index is 2.12. The first-order valence-electron chi connectivity index (χ1n) is 5.69. The third-order valence-corrected chi connectivity index (χ3v) is 3.16. The van der Waals surface area contributed by atoms with E-state index in [4.69, 9.17) is 11.6 Å². The number of aryl methyl sites for hydroxylation is 1. The second-order valence-electron chi connectivity index (χ2n) is 4.19. The fraction of sp³-hybridized carbons (Fsp3) is 0.0833. The van der Waals surface area contributed by atoms with E-state index in [1.54, 1.807) is 12.1 Å². The van der Waals surface area contributed by atoms with Crippen LogP contribution in [0.2, 0.25) is 5.15 Å². The lowest BCUT2D eigenvalue weighted by molar-refractivity contribution is -0.384. The number of rotatable bonds is 2. The number of nitrogens with one attached hydrogen (secondary N) is 1. The van der Waals surface area contributed by atoms with Crippen LogP contribution in [0, 0.1) is 17.0 Å². The molecule has 1 N–H and O–H groups in total. The maximum Gasteiger partial charge on any atom is 0.269 e. The molecule has 7 nitrogen and oxygen atoms in total. The van der Waals surface area contributed by atoms with Gasteiger partial charge in [0.2, 0.25) is 0 Å². The second-order valence-corrected chi connectivity index (χ2v) is 4.55. The summed E-state index contributed by atoms with van der Waals surface area (Å²) in [6.07, 6.45) is 0. The number of fused-ring (bicyclic) bond motifs is 1. The molecule has 0 aliphatic carbocycles. The second kappa shape index (κ2) is 4.53. The van der Waals surface area contributed by atoms with Crippen molar-refractivity contribution in [3.05, 3.63) is 45.2 Å². The van der Waals surface area contributed by atoms with Crippen molar-refractivity contribution in [1.82, 2.24) is 20.2 Å². The SMILES string of the molecule is Cc1[nH]nc2nc(-c3ccc([N+](=O)[O-])cc3)nc(Cl)c12. The van der Waals surface area contributed by atoms with Crippen molar-refractivity contribution in [3.8, 4) is 11.4 Å². The van der Waals surface area contributed by atoms with Crippen molar-refractivity contribution < 1.29 is 4.92 Å². The Bertz CT molecular complexity index is 813.